The maximum atomic E-state index is 12.5. The number of likely N-dealkylation sites (tertiary alicyclic amines) is 1. The lowest BCUT2D eigenvalue weighted by Crippen LogP contribution is -2.56. The Balaban J connectivity index is 2.71. The summed E-state index contributed by atoms with van der Waals surface area (Å²) < 4.78 is 5.48. The Bertz CT molecular complexity index is 699. The van der Waals surface area contributed by atoms with E-state index >= 15 is 0 Å². The number of nitrogens with one attached hydrogen (secondary N) is 2. The molecule has 2 atom stereocenters. The summed E-state index contributed by atoms with van der Waals surface area (Å²) in [5, 5.41) is 2.95. The number of aliphatic imine (C=N–C) groups is 1. The second-order valence-corrected chi connectivity index (χ2v) is 6.85. The van der Waals surface area contributed by atoms with E-state index in [1.54, 1.807) is 11.8 Å². The Labute approximate surface area is 172 Å². The molecule has 1 aliphatic rings. The smallest absolute Gasteiger partial charge is 0.267 e. The monoisotopic (exact) mass is 408 g/mol. The summed E-state index contributed by atoms with van der Waals surface area (Å²) >= 11 is 0. The van der Waals surface area contributed by atoms with E-state index in [0.29, 0.717) is 25.2 Å². The zero-order valence-electron chi connectivity index (χ0n) is 18.1. The minimum absolute atomic E-state index is 0.237. The van der Waals surface area contributed by atoms with Crippen LogP contribution >= 0.6 is 0 Å². The largest absolute Gasteiger partial charge is 0.377 e. The molecule has 29 heavy (non-hydrogen) atoms. The standard InChI is InChI=1S/C20H32N4O5/c1-7-13(2)14(3)21-15(4)20(27)22-16-10-11-24(12-17(16)28-5)19(26)9-8-18(25)23-29-6/h8-9,16-17H,7,10-12H2,1-6H3,(H,22,27)(H,23,25)/b9-8+,14-13+,21-15+. The van der Waals surface area contributed by atoms with Gasteiger partial charge in [-0.25, -0.2) is 5.48 Å². The van der Waals surface area contributed by atoms with E-state index in [0.717, 1.165) is 23.8 Å². The predicted octanol–water partition coefficient (Wildman–Crippen LogP) is 1.12. The minimum Gasteiger partial charge on any atom is -0.377 e. The van der Waals surface area contributed by atoms with Crippen LogP contribution in [0.2, 0.25) is 0 Å². The normalized spacial score (nSPS) is 21.0. The van der Waals surface area contributed by atoms with Gasteiger partial charge in [0.15, 0.2) is 0 Å². The molecule has 2 unspecified atom stereocenters. The van der Waals surface area contributed by atoms with E-state index in [-0.39, 0.29) is 24.0 Å². The summed E-state index contributed by atoms with van der Waals surface area (Å²) in [4.78, 5) is 46.6. The van der Waals surface area contributed by atoms with Crippen LogP contribution < -0.4 is 10.8 Å². The molecule has 0 aliphatic carbocycles. The van der Waals surface area contributed by atoms with Crippen molar-refractivity contribution in [2.75, 3.05) is 27.3 Å². The van der Waals surface area contributed by atoms with Gasteiger partial charge in [0.1, 0.15) is 5.71 Å². The fourth-order valence-electron chi connectivity index (χ4n) is 2.83. The maximum absolute atomic E-state index is 12.5. The van der Waals surface area contributed by atoms with Crippen LogP contribution in [-0.4, -0.2) is 67.8 Å². The Morgan fingerprint density at radius 2 is 1.86 bits per heavy atom. The number of rotatable bonds is 8. The van der Waals surface area contributed by atoms with Gasteiger partial charge in [0.25, 0.3) is 11.8 Å². The Kier molecular flexibility index (Phi) is 10.3. The fraction of sp³-hybridized carbons (Fsp3) is 0.600. The zero-order chi connectivity index (χ0) is 22.0. The predicted molar refractivity (Wildman–Crippen MR) is 110 cm³/mol. The molecule has 1 rings (SSSR count). The molecule has 9 nitrogen and oxygen atoms in total. The number of hydrogen-bond acceptors (Lipinski definition) is 6. The first-order valence-corrected chi connectivity index (χ1v) is 9.58. The molecule has 0 aromatic rings. The number of hydrogen-bond donors (Lipinski definition) is 2. The van der Waals surface area contributed by atoms with Crippen LogP contribution in [0.5, 0.6) is 0 Å². The van der Waals surface area contributed by atoms with Crippen molar-refractivity contribution in [3.05, 3.63) is 23.4 Å². The van der Waals surface area contributed by atoms with Crippen molar-refractivity contribution in [3.63, 3.8) is 0 Å². The summed E-state index contributed by atoms with van der Waals surface area (Å²) in [6, 6.07) is -0.237. The van der Waals surface area contributed by atoms with Crippen LogP contribution in [0.15, 0.2) is 28.4 Å². The molecule has 1 aliphatic heterocycles. The third-order valence-electron chi connectivity index (χ3n) is 4.88. The summed E-state index contributed by atoms with van der Waals surface area (Å²) in [5.41, 5.74) is 4.46. The molecule has 0 aromatic heterocycles. The van der Waals surface area contributed by atoms with E-state index in [9.17, 15) is 14.4 Å². The van der Waals surface area contributed by atoms with Crippen molar-refractivity contribution in [2.45, 2.75) is 52.7 Å². The number of methoxy groups -OCH3 is 1. The molecule has 1 fully saturated rings. The molecule has 162 valence electrons. The lowest BCUT2D eigenvalue weighted by Gasteiger charge is -2.37. The van der Waals surface area contributed by atoms with Gasteiger partial charge in [-0.2, -0.15) is 0 Å². The molecule has 0 saturated carbocycles. The Hall–Kier alpha value is -2.52. The molecular formula is C20H32N4O5. The highest BCUT2D eigenvalue weighted by Gasteiger charge is 2.32. The highest BCUT2D eigenvalue weighted by atomic mass is 16.6. The van der Waals surface area contributed by atoms with Gasteiger partial charge in [-0.15, -0.1) is 0 Å². The van der Waals surface area contributed by atoms with Gasteiger partial charge in [0.05, 0.1) is 19.3 Å². The highest BCUT2D eigenvalue weighted by Crippen LogP contribution is 2.15. The van der Waals surface area contributed by atoms with E-state index in [2.05, 4.69) is 20.6 Å². The molecule has 1 heterocycles. The van der Waals surface area contributed by atoms with E-state index in [1.807, 2.05) is 20.8 Å². The van der Waals surface area contributed by atoms with Gasteiger partial charge >= 0.3 is 0 Å². The lowest BCUT2D eigenvalue weighted by atomic mass is 10.0. The fourth-order valence-corrected chi connectivity index (χ4v) is 2.83. The number of hydroxylamine groups is 1. The first kappa shape index (κ1) is 24.5. The van der Waals surface area contributed by atoms with E-state index < -0.39 is 5.91 Å². The quantitative estimate of drug-likeness (QED) is 0.355. The van der Waals surface area contributed by atoms with Gasteiger partial charge in [-0.1, -0.05) is 12.5 Å². The number of piperidine rings is 1. The van der Waals surface area contributed by atoms with Crippen LogP contribution in [0.1, 0.15) is 40.5 Å². The van der Waals surface area contributed by atoms with Crippen molar-refractivity contribution in [2.24, 2.45) is 4.99 Å². The summed E-state index contributed by atoms with van der Waals surface area (Å²) in [7, 11) is 2.85. The second-order valence-electron chi connectivity index (χ2n) is 6.85. The van der Waals surface area contributed by atoms with Gasteiger partial charge < -0.3 is 15.0 Å². The number of carbonyl (C=O) groups excluding carboxylic acids is 3. The summed E-state index contributed by atoms with van der Waals surface area (Å²) in [6.45, 7) is 8.34. The second kappa shape index (κ2) is 12.1. The van der Waals surface area contributed by atoms with Crippen molar-refractivity contribution in [3.8, 4) is 0 Å². The molecule has 0 bridgehead atoms. The average Bonchev–Trinajstić information content (AvgIpc) is 2.71. The van der Waals surface area contributed by atoms with Crippen LogP contribution in [-0.2, 0) is 24.0 Å². The number of ether oxygens (including phenoxy) is 1. The molecular weight excluding hydrogens is 376 g/mol. The lowest BCUT2D eigenvalue weighted by molar-refractivity contribution is -0.131. The first-order valence-electron chi connectivity index (χ1n) is 9.58. The zero-order valence-corrected chi connectivity index (χ0v) is 18.1. The van der Waals surface area contributed by atoms with Crippen LogP contribution in [0, 0.1) is 0 Å². The van der Waals surface area contributed by atoms with E-state index in [4.69, 9.17) is 4.74 Å². The minimum atomic E-state index is -0.524. The molecule has 1 saturated heterocycles. The van der Waals surface area contributed by atoms with Gasteiger partial charge in [-0.3, -0.25) is 24.2 Å². The first-order chi connectivity index (χ1) is 13.7. The van der Waals surface area contributed by atoms with Crippen molar-refractivity contribution in [1.29, 1.82) is 0 Å². The van der Waals surface area contributed by atoms with Crippen LogP contribution in [0.25, 0.3) is 0 Å². The third kappa shape index (κ3) is 7.78. The van der Waals surface area contributed by atoms with Gasteiger partial charge in [0.2, 0.25) is 5.91 Å². The van der Waals surface area contributed by atoms with Gasteiger partial charge in [0, 0.05) is 38.0 Å². The van der Waals surface area contributed by atoms with Crippen LogP contribution in [0.3, 0.4) is 0 Å². The maximum Gasteiger partial charge on any atom is 0.267 e. The molecule has 0 spiro atoms. The third-order valence-corrected chi connectivity index (χ3v) is 4.88. The van der Waals surface area contributed by atoms with Crippen molar-refractivity contribution in [1.82, 2.24) is 15.7 Å². The Morgan fingerprint density at radius 1 is 1.17 bits per heavy atom. The number of allylic oxidation sites excluding steroid dienone is 2. The van der Waals surface area contributed by atoms with Crippen molar-refractivity contribution < 1.29 is 24.0 Å². The SMILES string of the molecule is CC/C(C)=C(C)/N=C(\C)C(=O)NC1CCN(C(=O)/C=C/C(=O)NOC)CC1OC. The molecule has 0 radical (unpaired) electrons. The number of carbonyl (C=O) groups is 3. The van der Waals surface area contributed by atoms with Crippen molar-refractivity contribution >= 4 is 23.4 Å². The molecule has 2 N–H and O–H groups in total. The van der Waals surface area contributed by atoms with Gasteiger partial charge in [-0.05, 0) is 33.6 Å². The Morgan fingerprint density at radius 3 is 2.45 bits per heavy atom. The average molecular weight is 408 g/mol. The molecule has 0 aromatic carbocycles. The molecule has 3 amide bonds. The van der Waals surface area contributed by atoms with E-state index in [1.165, 1.54) is 20.3 Å². The summed E-state index contributed by atoms with van der Waals surface area (Å²) in [6.07, 6.45) is 3.34. The number of amides is 3. The molecule has 9 heteroatoms. The summed E-state index contributed by atoms with van der Waals surface area (Å²) in [5.74, 6) is -1.09. The number of nitrogens with zero attached hydrogens (tertiary/aromatic N) is 2. The highest BCUT2D eigenvalue weighted by molar-refractivity contribution is 6.38. The van der Waals surface area contributed by atoms with Crippen LogP contribution in [0.4, 0.5) is 0 Å². The topological polar surface area (TPSA) is 109 Å².